The molecule has 3 rings (SSSR count). The van der Waals surface area contributed by atoms with Crippen LogP contribution in [0, 0.1) is 10.1 Å². The summed E-state index contributed by atoms with van der Waals surface area (Å²) in [5.74, 6) is 0. The van der Waals surface area contributed by atoms with Crippen molar-refractivity contribution < 1.29 is 4.92 Å². The first-order valence-electron chi connectivity index (χ1n) is 6.15. The molecule has 0 bridgehead atoms. The number of non-ortho nitro benzene ring substituents is 1. The van der Waals surface area contributed by atoms with Gasteiger partial charge >= 0.3 is 0 Å². The maximum atomic E-state index is 10.8. The van der Waals surface area contributed by atoms with Crippen molar-refractivity contribution in [2.45, 2.75) is 25.3 Å². The fourth-order valence-corrected chi connectivity index (χ4v) is 3.50. The number of nitro groups is 1. The van der Waals surface area contributed by atoms with E-state index in [1.807, 2.05) is 6.07 Å². The third-order valence-corrected chi connectivity index (χ3v) is 4.48. The molecule has 1 unspecified atom stereocenters. The average Bonchev–Trinajstić information content (AvgIpc) is 2.84. The van der Waals surface area contributed by atoms with E-state index in [0.717, 1.165) is 35.5 Å². The number of nitro benzene ring substituents is 1. The van der Waals surface area contributed by atoms with Gasteiger partial charge in [0, 0.05) is 28.6 Å². The maximum absolute atomic E-state index is 10.8. The topological polar surface area (TPSA) is 82.0 Å². The van der Waals surface area contributed by atoms with Crippen molar-refractivity contribution in [3.05, 3.63) is 45.0 Å². The molecule has 2 aromatic rings. The van der Waals surface area contributed by atoms with Crippen LogP contribution in [0.3, 0.4) is 0 Å². The zero-order valence-electron chi connectivity index (χ0n) is 10.2. The highest BCUT2D eigenvalue weighted by atomic mass is 32.1. The lowest BCUT2D eigenvalue weighted by Gasteiger charge is -2.15. The molecular weight excluding hydrogens is 262 g/mol. The Morgan fingerprint density at radius 1 is 1.47 bits per heavy atom. The summed E-state index contributed by atoms with van der Waals surface area (Å²) in [6.45, 7) is 0. The van der Waals surface area contributed by atoms with E-state index in [4.69, 9.17) is 5.73 Å². The van der Waals surface area contributed by atoms with Gasteiger partial charge in [0.1, 0.15) is 5.01 Å². The van der Waals surface area contributed by atoms with Gasteiger partial charge in [-0.2, -0.15) is 0 Å². The molecule has 1 aliphatic carbocycles. The van der Waals surface area contributed by atoms with Crippen LogP contribution in [-0.2, 0) is 6.42 Å². The number of rotatable bonds is 2. The molecule has 0 amide bonds. The van der Waals surface area contributed by atoms with Crippen molar-refractivity contribution in [3.63, 3.8) is 0 Å². The van der Waals surface area contributed by atoms with Gasteiger partial charge in [0.25, 0.3) is 5.69 Å². The molecule has 1 heterocycles. The molecule has 1 atom stereocenters. The van der Waals surface area contributed by atoms with Gasteiger partial charge in [0.15, 0.2) is 0 Å². The number of fused-ring (bicyclic) bond motifs is 1. The average molecular weight is 275 g/mol. The Bertz CT molecular complexity index is 639. The Hall–Kier alpha value is -1.79. The number of nitrogens with two attached hydrogens (primary N) is 1. The molecule has 0 spiro atoms. The van der Waals surface area contributed by atoms with Gasteiger partial charge in [-0.3, -0.25) is 10.1 Å². The zero-order valence-corrected chi connectivity index (χ0v) is 11.0. The number of hydrogen-bond donors (Lipinski definition) is 1. The molecule has 0 aliphatic heterocycles. The molecule has 0 saturated carbocycles. The molecule has 98 valence electrons. The van der Waals surface area contributed by atoms with Gasteiger partial charge in [-0.25, -0.2) is 4.98 Å². The normalized spacial score (nSPS) is 18.1. The van der Waals surface area contributed by atoms with Crippen LogP contribution in [0.25, 0.3) is 10.6 Å². The van der Waals surface area contributed by atoms with Crippen LogP contribution in [-0.4, -0.2) is 9.91 Å². The molecule has 0 saturated heterocycles. The highest BCUT2D eigenvalue weighted by Gasteiger charge is 2.22. The van der Waals surface area contributed by atoms with E-state index >= 15 is 0 Å². The lowest BCUT2D eigenvalue weighted by Crippen LogP contribution is -2.16. The Morgan fingerprint density at radius 2 is 2.32 bits per heavy atom. The molecule has 1 aromatic carbocycles. The highest BCUT2D eigenvalue weighted by molar-refractivity contribution is 7.15. The predicted molar refractivity (Wildman–Crippen MR) is 74.1 cm³/mol. The highest BCUT2D eigenvalue weighted by Crippen LogP contribution is 2.36. The van der Waals surface area contributed by atoms with Crippen LogP contribution < -0.4 is 5.73 Å². The minimum absolute atomic E-state index is 0.00690. The molecule has 6 heteroatoms. The third kappa shape index (κ3) is 2.24. The number of nitrogens with zero attached hydrogens (tertiary/aromatic N) is 2. The fraction of sp³-hybridized carbons (Fsp3) is 0.308. The van der Waals surface area contributed by atoms with E-state index in [9.17, 15) is 10.1 Å². The lowest BCUT2D eigenvalue weighted by atomic mass is 9.99. The molecule has 1 aromatic heterocycles. The Labute approximate surface area is 114 Å². The summed E-state index contributed by atoms with van der Waals surface area (Å²) in [6, 6.07) is 6.60. The van der Waals surface area contributed by atoms with E-state index in [-0.39, 0.29) is 16.7 Å². The summed E-state index contributed by atoms with van der Waals surface area (Å²) in [5, 5.41) is 11.6. The van der Waals surface area contributed by atoms with Gasteiger partial charge in [-0.1, -0.05) is 12.1 Å². The van der Waals surface area contributed by atoms with Gasteiger partial charge in [-0.05, 0) is 19.3 Å². The first kappa shape index (κ1) is 12.3. The zero-order chi connectivity index (χ0) is 13.4. The minimum atomic E-state index is -0.386. The van der Waals surface area contributed by atoms with Crippen LogP contribution in [0.2, 0.25) is 0 Å². The summed E-state index contributed by atoms with van der Waals surface area (Å²) in [7, 11) is 0. The second-order valence-corrected chi connectivity index (χ2v) is 5.72. The Balaban J connectivity index is 2.03. The number of benzene rings is 1. The molecular formula is C13H13N3O2S. The third-order valence-electron chi connectivity index (χ3n) is 3.30. The predicted octanol–water partition coefficient (Wildman–Crippen LogP) is 3.05. The standard InChI is InChI=1S/C13H13N3O2S/c14-10-5-2-6-11-12(10)15-13(19-11)8-3-1-4-9(7-8)16(17)18/h1,3-4,7,10H,2,5-6,14H2. The first-order valence-corrected chi connectivity index (χ1v) is 6.97. The van der Waals surface area contributed by atoms with Gasteiger partial charge in [0.05, 0.1) is 10.6 Å². The lowest BCUT2D eigenvalue weighted by molar-refractivity contribution is -0.384. The number of aromatic nitrogens is 1. The second-order valence-electron chi connectivity index (χ2n) is 4.63. The van der Waals surface area contributed by atoms with Crippen LogP contribution >= 0.6 is 11.3 Å². The number of thiazole rings is 1. The van der Waals surface area contributed by atoms with Crippen molar-refractivity contribution in [2.75, 3.05) is 0 Å². The molecule has 0 radical (unpaired) electrons. The summed E-state index contributed by atoms with van der Waals surface area (Å²) >= 11 is 1.60. The molecule has 1 aliphatic rings. The number of aryl methyl sites for hydroxylation is 1. The van der Waals surface area contributed by atoms with Crippen LogP contribution in [0.4, 0.5) is 5.69 Å². The van der Waals surface area contributed by atoms with Crippen molar-refractivity contribution in [1.82, 2.24) is 4.98 Å². The van der Waals surface area contributed by atoms with E-state index in [1.54, 1.807) is 23.5 Å². The van der Waals surface area contributed by atoms with E-state index in [0.29, 0.717) is 0 Å². The fourth-order valence-electron chi connectivity index (χ4n) is 2.33. The monoisotopic (exact) mass is 275 g/mol. The number of hydrogen-bond acceptors (Lipinski definition) is 5. The SMILES string of the molecule is NC1CCCc2sc(-c3cccc([N+](=O)[O-])c3)nc21. The summed E-state index contributed by atoms with van der Waals surface area (Å²) in [4.78, 5) is 16.2. The summed E-state index contributed by atoms with van der Waals surface area (Å²) < 4.78 is 0. The molecule has 5 nitrogen and oxygen atoms in total. The minimum Gasteiger partial charge on any atom is -0.323 e. The largest absolute Gasteiger partial charge is 0.323 e. The Morgan fingerprint density at radius 3 is 3.05 bits per heavy atom. The van der Waals surface area contributed by atoms with Crippen molar-refractivity contribution >= 4 is 17.0 Å². The van der Waals surface area contributed by atoms with E-state index < -0.39 is 0 Å². The van der Waals surface area contributed by atoms with Crippen molar-refractivity contribution in [3.8, 4) is 10.6 Å². The Kier molecular flexibility index (Phi) is 3.04. The van der Waals surface area contributed by atoms with E-state index in [2.05, 4.69) is 4.98 Å². The summed E-state index contributed by atoms with van der Waals surface area (Å²) in [5.41, 5.74) is 7.91. The smallest absolute Gasteiger partial charge is 0.270 e. The first-order chi connectivity index (χ1) is 9.15. The van der Waals surface area contributed by atoms with Crippen molar-refractivity contribution in [1.29, 1.82) is 0 Å². The van der Waals surface area contributed by atoms with Gasteiger partial charge in [-0.15, -0.1) is 11.3 Å². The quantitative estimate of drug-likeness (QED) is 0.674. The van der Waals surface area contributed by atoms with Gasteiger partial charge in [0.2, 0.25) is 0 Å². The molecule has 19 heavy (non-hydrogen) atoms. The van der Waals surface area contributed by atoms with Gasteiger partial charge < -0.3 is 5.73 Å². The summed E-state index contributed by atoms with van der Waals surface area (Å²) in [6.07, 6.45) is 3.06. The van der Waals surface area contributed by atoms with Crippen molar-refractivity contribution in [2.24, 2.45) is 5.73 Å². The van der Waals surface area contributed by atoms with Crippen LogP contribution in [0.5, 0.6) is 0 Å². The molecule has 2 N–H and O–H groups in total. The van der Waals surface area contributed by atoms with E-state index in [1.165, 1.54) is 10.9 Å². The second kappa shape index (κ2) is 4.71. The van der Waals surface area contributed by atoms with Crippen LogP contribution in [0.15, 0.2) is 24.3 Å². The van der Waals surface area contributed by atoms with Crippen LogP contribution in [0.1, 0.15) is 29.5 Å². The molecule has 0 fully saturated rings. The maximum Gasteiger partial charge on any atom is 0.270 e.